The molecule has 3 atom stereocenters. The predicted molar refractivity (Wildman–Crippen MR) is 129 cm³/mol. The van der Waals surface area contributed by atoms with Gasteiger partial charge in [0.05, 0.1) is 6.42 Å². The van der Waals surface area contributed by atoms with Crippen molar-refractivity contribution < 1.29 is 23.8 Å². The maximum atomic E-state index is 13.6. The van der Waals surface area contributed by atoms with Crippen molar-refractivity contribution >= 4 is 11.8 Å². The highest BCUT2D eigenvalue weighted by Crippen LogP contribution is 2.55. The molecule has 176 valence electrons. The third-order valence-corrected chi connectivity index (χ3v) is 7.04. The number of rotatable bonds is 5. The van der Waals surface area contributed by atoms with Gasteiger partial charge in [-0.1, -0.05) is 61.9 Å². The van der Waals surface area contributed by atoms with Gasteiger partial charge in [-0.25, -0.2) is 4.79 Å². The van der Waals surface area contributed by atoms with Gasteiger partial charge in [0.15, 0.2) is 0 Å². The average molecular weight is 459 g/mol. The van der Waals surface area contributed by atoms with Crippen molar-refractivity contribution in [3.8, 4) is 11.5 Å². The third kappa shape index (κ3) is 3.64. The molecular weight excluding hydrogens is 428 g/mol. The van der Waals surface area contributed by atoms with Crippen LogP contribution in [-0.4, -0.2) is 11.8 Å². The van der Waals surface area contributed by atoms with E-state index in [0.717, 1.165) is 36.1 Å². The van der Waals surface area contributed by atoms with E-state index >= 15 is 0 Å². The molecule has 0 aromatic heterocycles. The molecular formula is C29H30O5. The van der Waals surface area contributed by atoms with Gasteiger partial charge in [0.25, 0.3) is 5.79 Å². The van der Waals surface area contributed by atoms with Crippen LogP contribution in [0.3, 0.4) is 0 Å². The van der Waals surface area contributed by atoms with Gasteiger partial charge in [-0.15, -0.1) is 0 Å². The van der Waals surface area contributed by atoms with Crippen LogP contribution in [0.5, 0.6) is 11.5 Å². The highest BCUT2D eigenvalue weighted by Gasteiger charge is 2.49. The minimum atomic E-state index is -1.52. The van der Waals surface area contributed by atoms with Crippen molar-refractivity contribution in [2.75, 3.05) is 0 Å². The molecule has 5 nitrogen and oxygen atoms in total. The van der Waals surface area contributed by atoms with Gasteiger partial charge < -0.3 is 14.2 Å². The molecule has 1 unspecified atom stereocenters. The molecule has 1 aliphatic carbocycles. The van der Waals surface area contributed by atoms with E-state index in [4.69, 9.17) is 14.2 Å². The third-order valence-electron chi connectivity index (χ3n) is 7.04. The fraction of sp³-hybridized carbons (Fsp3) is 0.379. The summed E-state index contributed by atoms with van der Waals surface area (Å²) in [4.78, 5) is 26.0. The van der Waals surface area contributed by atoms with Crippen LogP contribution in [0.15, 0.2) is 60.4 Å². The number of aryl methyl sites for hydroxylation is 1. The molecule has 0 bridgehead atoms. The first-order chi connectivity index (χ1) is 16.3. The first-order valence-corrected chi connectivity index (χ1v) is 12.0. The van der Waals surface area contributed by atoms with E-state index in [0.29, 0.717) is 29.0 Å². The Morgan fingerprint density at radius 1 is 1.21 bits per heavy atom. The molecule has 0 fully saturated rings. The van der Waals surface area contributed by atoms with E-state index in [-0.39, 0.29) is 24.0 Å². The zero-order valence-electron chi connectivity index (χ0n) is 20.0. The molecule has 0 spiro atoms. The summed E-state index contributed by atoms with van der Waals surface area (Å²) in [5.74, 6) is -0.101. The number of cyclic esters (lactones) is 1. The van der Waals surface area contributed by atoms with E-state index in [1.165, 1.54) is 12.5 Å². The number of hydrogen-bond donors (Lipinski definition) is 0. The fourth-order valence-electron chi connectivity index (χ4n) is 5.53. The van der Waals surface area contributed by atoms with Gasteiger partial charge in [0.2, 0.25) is 0 Å². The summed E-state index contributed by atoms with van der Waals surface area (Å²) in [6.45, 7) is 9.89. The van der Waals surface area contributed by atoms with E-state index < -0.39 is 11.8 Å². The maximum Gasteiger partial charge on any atom is 0.345 e. The van der Waals surface area contributed by atoms with Crippen molar-refractivity contribution in [2.24, 2.45) is 5.92 Å². The quantitative estimate of drug-likeness (QED) is 0.385. The van der Waals surface area contributed by atoms with Gasteiger partial charge in [-0.2, -0.15) is 0 Å². The van der Waals surface area contributed by atoms with Crippen LogP contribution in [-0.2, 0) is 21.7 Å². The molecule has 34 heavy (non-hydrogen) atoms. The summed E-state index contributed by atoms with van der Waals surface area (Å²) in [6.07, 6.45) is 5.61. The largest absolute Gasteiger partial charge is 0.462 e. The lowest BCUT2D eigenvalue weighted by Crippen LogP contribution is -2.44. The molecule has 3 aliphatic rings. The molecule has 0 saturated carbocycles. The molecule has 5 heteroatoms. The number of esters is 1. The number of fused-ring (bicyclic) bond motifs is 5. The highest BCUT2D eigenvalue weighted by molar-refractivity contribution is 5.97. The Bertz CT molecular complexity index is 1210. The second kappa shape index (κ2) is 8.46. The average Bonchev–Trinajstić information content (AvgIpc) is 2.79. The summed E-state index contributed by atoms with van der Waals surface area (Å²) in [7, 11) is 0. The van der Waals surface area contributed by atoms with Crippen LogP contribution in [0.1, 0.15) is 79.4 Å². The molecule has 0 amide bonds. The van der Waals surface area contributed by atoms with Gasteiger partial charge in [-0.05, 0) is 44.7 Å². The van der Waals surface area contributed by atoms with E-state index in [9.17, 15) is 9.59 Å². The monoisotopic (exact) mass is 458 g/mol. The Morgan fingerprint density at radius 3 is 2.68 bits per heavy atom. The minimum Gasteiger partial charge on any atom is -0.462 e. The lowest BCUT2D eigenvalue weighted by molar-refractivity contribution is -0.172. The molecule has 2 aromatic carbocycles. The number of carbonyl (C=O) groups excluding carboxylic acids is 2. The van der Waals surface area contributed by atoms with E-state index in [2.05, 4.69) is 26.5 Å². The maximum absolute atomic E-state index is 13.6. The normalized spacial score (nSPS) is 25.1. The molecule has 5 rings (SSSR count). The standard InChI is InChI=1S/C29H30O5/c1-5-9-20-15-24-26(23-14-17(2)12-13-22(23)19(4)32-24)27-25(20)28(31)34-29(33-27,16-18(3)30)21-10-7-6-8-11-21/h6-8,10-11,14-15,22-23H,4-5,9,12-13,16H2,1-3H3/t22-,23+,29?/m0/s1. The Morgan fingerprint density at radius 2 is 1.97 bits per heavy atom. The second-order valence-corrected chi connectivity index (χ2v) is 9.64. The Labute approximate surface area is 200 Å². The predicted octanol–water partition coefficient (Wildman–Crippen LogP) is 6.37. The zero-order valence-corrected chi connectivity index (χ0v) is 20.0. The van der Waals surface area contributed by atoms with Gasteiger partial charge >= 0.3 is 5.97 Å². The number of hydrogen-bond acceptors (Lipinski definition) is 5. The summed E-state index contributed by atoms with van der Waals surface area (Å²) in [6, 6.07) is 11.2. The number of Topliss-reactive ketones (excluding diaryl/α,β-unsaturated/α-hetero) is 1. The molecule has 0 radical (unpaired) electrons. The first-order valence-electron chi connectivity index (χ1n) is 12.0. The van der Waals surface area contributed by atoms with Crippen LogP contribution >= 0.6 is 0 Å². The second-order valence-electron chi connectivity index (χ2n) is 9.64. The zero-order chi connectivity index (χ0) is 24.0. The van der Waals surface area contributed by atoms with Gasteiger partial charge in [-0.3, -0.25) is 4.79 Å². The molecule has 2 aromatic rings. The molecule has 2 heterocycles. The van der Waals surface area contributed by atoms with Crippen molar-refractivity contribution in [3.63, 3.8) is 0 Å². The summed E-state index contributed by atoms with van der Waals surface area (Å²) < 4.78 is 18.9. The van der Waals surface area contributed by atoms with Crippen LogP contribution in [0.4, 0.5) is 0 Å². The fourth-order valence-corrected chi connectivity index (χ4v) is 5.53. The van der Waals surface area contributed by atoms with Crippen molar-refractivity contribution in [1.29, 1.82) is 0 Å². The Hall–Kier alpha value is -3.34. The Balaban J connectivity index is 1.77. The highest BCUT2D eigenvalue weighted by atomic mass is 16.7. The SMILES string of the molecule is C=C1Oc2cc(CCC)c3c(c2[C@@H]2C=C(C)CC[C@@H]12)OC(CC(C)=O)(c1ccccc1)OC3=O. The number of carbonyl (C=O) groups is 2. The number of ether oxygens (including phenoxy) is 3. The smallest absolute Gasteiger partial charge is 0.345 e. The molecule has 0 N–H and O–H groups in total. The van der Waals surface area contributed by atoms with E-state index in [1.807, 2.05) is 36.4 Å². The minimum absolute atomic E-state index is 0.00821. The summed E-state index contributed by atoms with van der Waals surface area (Å²) >= 11 is 0. The molecule has 0 saturated heterocycles. The number of allylic oxidation sites excluding steroid dienone is 3. The number of ketones is 1. The summed E-state index contributed by atoms with van der Waals surface area (Å²) in [5, 5.41) is 0. The number of benzene rings is 2. The van der Waals surface area contributed by atoms with Crippen molar-refractivity contribution in [1.82, 2.24) is 0 Å². The lowest BCUT2D eigenvalue weighted by Gasteiger charge is -2.43. The van der Waals surface area contributed by atoms with Crippen LogP contribution in [0.25, 0.3) is 0 Å². The van der Waals surface area contributed by atoms with Gasteiger partial charge in [0.1, 0.15) is 28.6 Å². The van der Waals surface area contributed by atoms with Crippen molar-refractivity contribution in [3.05, 3.63) is 82.6 Å². The van der Waals surface area contributed by atoms with Crippen molar-refractivity contribution in [2.45, 2.75) is 64.6 Å². The Kier molecular flexibility index (Phi) is 5.59. The first kappa shape index (κ1) is 22.5. The van der Waals surface area contributed by atoms with Crippen LogP contribution in [0, 0.1) is 5.92 Å². The molecule has 2 aliphatic heterocycles. The topological polar surface area (TPSA) is 61.8 Å². The lowest BCUT2D eigenvalue weighted by atomic mass is 9.73. The van der Waals surface area contributed by atoms with Gasteiger partial charge in [0, 0.05) is 23.0 Å². The summed E-state index contributed by atoms with van der Waals surface area (Å²) in [5.41, 5.74) is 4.05. The van der Waals surface area contributed by atoms with Crippen LogP contribution in [0.2, 0.25) is 0 Å². The van der Waals surface area contributed by atoms with Crippen LogP contribution < -0.4 is 9.47 Å². The van der Waals surface area contributed by atoms with E-state index in [1.54, 1.807) is 0 Å².